The summed E-state index contributed by atoms with van der Waals surface area (Å²) in [7, 11) is 0. The molecular formula is C19H13F2N3O3. The number of carbonyl (C=O) groups excluding carboxylic acids is 1. The predicted molar refractivity (Wildman–Crippen MR) is 95.7 cm³/mol. The molecule has 1 aliphatic heterocycles. The smallest absolute Gasteiger partial charge is 0.395 e. The van der Waals surface area contributed by atoms with E-state index >= 15 is 0 Å². The summed E-state index contributed by atoms with van der Waals surface area (Å²) in [5.41, 5.74) is 11.8. The van der Waals surface area contributed by atoms with Gasteiger partial charge >= 0.3 is 6.29 Å². The number of fused-ring (bicyclic) bond motifs is 2. The molecule has 4 rings (SSSR count). The third kappa shape index (κ3) is 3.01. The van der Waals surface area contributed by atoms with Crippen LogP contribution in [0.5, 0.6) is 11.5 Å². The van der Waals surface area contributed by atoms with Gasteiger partial charge in [-0.15, -0.1) is 8.78 Å². The number of guanidine groups is 1. The van der Waals surface area contributed by atoms with Crippen LogP contribution >= 0.6 is 0 Å². The van der Waals surface area contributed by atoms with Gasteiger partial charge in [-0.25, -0.2) is 0 Å². The lowest BCUT2D eigenvalue weighted by Crippen LogP contribution is -2.26. The Bertz CT molecular complexity index is 1110. The van der Waals surface area contributed by atoms with E-state index in [1.54, 1.807) is 42.5 Å². The molecule has 1 amide bonds. The van der Waals surface area contributed by atoms with E-state index in [4.69, 9.17) is 11.5 Å². The minimum atomic E-state index is -3.72. The average molecular weight is 369 g/mol. The highest BCUT2D eigenvalue weighted by molar-refractivity contribution is 6.07. The molecule has 6 nitrogen and oxygen atoms in total. The highest BCUT2D eigenvalue weighted by Crippen LogP contribution is 2.48. The Balaban J connectivity index is 1.90. The molecule has 0 radical (unpaired) electrons. The zero-order valence-corrected chi connectivity index (χ0v) is 13.8. The van der Waals surface area contributed by atoms with Crippen LogP contribution < -0.4 is 20.9 Å². The Morgan fingerprint density at radius 2 is 1.70 bits per heavy atom. The second kappa shape index (κ2) is 5.94. The molecule has 4 N–H and O–H groups in total. The van der Waals surface area contributed by atoms with Crippen molar-refractivity contribution in [2.75, 3.05) is 0 Å². The number of halogens is 2. The number of aliphatic imine (C=N–C) groups is 1. The number of alkyl halides is 2. The number of hydrogen-bond acceptors (Lipinski definition) is 3. The first-order valence-corrected chi connectivity index (χ1v) is 7.90. The minimum Gasteiger partial charge on any atom is -0.395 e. The zero-order chi connectivity index (χ0) is 19.2. The quantitative estimate of drug-likeness (QED) is 0.534. The van der Waals surface area contributed by atoms with E-state index in [9.17, 15) is 13.6 Å². The predicted octanol–water partition coefficient (Wildman–Crippen LogP) is 3.24. The van der Waals surface area contributed by atoms with Gasteiger partial charge < -0.3 is 20.9 Å². The van der Waals surface area contributed by atoms with Crippen molar-refractivity contribution in [1.29, 1.82) is 0 Å². The Labute approximate surface area is 152 Å². The third-order valence-electron chi connectivity index (χ3n) is 4.08. The van der Waals surface area contributed by atoms with Crippen LogP contribution in [-0.4, -0.2) is 18.2 Å². The Morgan fingerprint density at radius 1 is 0.963 bits per heavy atom. The number of nitrogens with zero attached hydrogens (tertiary/aromatic N) is 1. The van der Waals surface area contributed by atoms with Crippen molar-refractivity contribution in [2.45, 2.75) is 6.29 Å². The summed E-state index contributed by atoms with van der Waals surface area (Å²) in [4.78, 5) is 15.7. The fraction of sp³-hybridized carbons (Fsp3) is 0.0526. The summed E-state index contributed by atoms with van der Waals surface area (Å²) in [6.07, 6.45) is -3.72. The van der Waals surface area contributed by atoms with Crippen LogP contribution in [0, 0.1) is 0 Å². The Morgan fingerprint density at radius 3 is 2.48 bits per heavy atom. The number of benzene rings is 3. The summed E-state index contributed by atoms with van der Waals surface area (Å²) in [6.45, 7) is 0. The van der Waals surface area contributed by atoms with Crippen LogP contribution in [0.25, 0.3) is 21.9 Å². The van der Waals surface area contributed by atoms with Gasteiger partial charge in [0.25, 0.3) is 5.91 Å². The first kappa shape index (κ1) is 16.8. The summed E-state index contributed by atoms with van der Waals surface area (Å²) in [6, 6.07) is 14.9. The molecule has 1 aliphatic rings. The summed E-state index contributed by atoms with van der Waals surface area (Å²) in [5, 5.41) is 1.46. The normalized spacial score (nSPS) is 14.1. The molecule has 0 fully saturated rings. The van der Waals surface area contributed by atoms with Crippen LogP contribution in [0.4, 0.5) is 8.78 Å². The molecule has 0 saturated heterocycles. The van der Waals surface area contributed by atoms with Crippen molar-refractivity contribution >= 4 is 22.6 Å². The first-order valence-electron chi connectivity index (χ1n) is 7.90. The van der Waals surface area contributed by atoms with Gasteiger partial charge in [-0.2, -0.15) is 4.99 Å². The Hall–Kier alpha value is -3.68. The molecule has 1 heterocycles. The van der Waals surface area contributed by atoms with E-state index in [0.29, 0.717) is 16.5 Å². The monoisotopic (exact) mass is 369 g/mol. The number of rotatable bonds is 2. The maximum atomic E-state index is 13.5. The average Bonchev–Trinajstić information content (AvgIpc) is 2.94. The second-order valence-corrected chi connectivity index (χ2v) is 5.88. The van der Waals surface area contributed by atoms with Gasteiger partial charge in [0.1, 0.15) is 0 Å². The lowest BCUT2D eigenvalue weighted by molar-refractivity contribution is -0.286. The van der Waals surface area contributed by atoms with Gasteiger partial charge in [-0.3, -0.25) is 4.79 Å². The summed E-state index contributed by atoms with van der Waals surface area (Å²) < 4.78 is 36.2. The van der Waals surface area contributed by atoms with E-state index in [1.165, 1.54) is 6.07 Å². The zero-order valence-electron chi connectivity index (χ0n) is 13.8. The van der Waals surface area contributed by atoms with Crippen molar-refractivity contribution < 1.29 is 23.0 Å². The van der Waals surface area contributed by atoms with Crippen molar-refractivity contribution in [3.8, 4) is 22.6 Å². The van der Waals surface area contributed by atoms with Crippen molar-refractivity contribution in [1.82, 2.24) is 0 Å². The molecule has 0 spiro atoms. The minimum absolute atomic E-state index is 0.0535. The van der Waals surface area contributed by atoms with Crippen molar-refractivity contribution in [3.05, 3.63) is 60.2 Å². The van der Waals surface area contributed by atoms with Gasteiger partial charge in [0, 0.05) is 11.1 Å². The van der Waals surface area contributed by atoms with E-state index in [2.05, 4.69) is 14.5 Å². The number of para-hydroxylation sites is 1. The topological polar surface area (TPSA) is 99.9 Å². The highest BCUT2D eigenvalue weighted by Gasteiger charge is 2.44. The van der Waals surface area contributed by atoms with E-state index < -0.39 is 12.2 Å². The molecule has 0 saturated carbocycles. The fourth-order valence-electron chi connectivity index (χ4n) is 3.00. The van der Waals surface area contributed by atoms with Crippen LogP contribution in [0.15, 0.2) is 59.6 Å². The SMILES string of the molecule is NC(N)=NC(=O)c1ccc2cccc(-c3cccc4c3OC(F)(F)O4)c2c1. The molecule has 8 heteroatoms. The molecule has 27 heavy (non-hydrogen) atoms. The molecular weight excluding hydrogens is 356 g/mol. The van der Waals surface area contributed by atoms with E-state index in [-0.39, 0.29) is 23.0 Å². The van der Waals surface area contributed by atoms with E-state index in [0.717, 1.165) is 5.39 Å². The van der Waals surface area contributed by atoms with Gasteiger partial charge in [0.15, 0.2) is 17.5 Å². The maximum Gasteiger partial charge on any atom is 0.586 e. The highest BCUT2D eigenvalue weighted by atomic mass is 19.3. The molecule has 0 atom stereocenters. The number of ether oxygens (including phenoxy) is 2. The molecule has 0 bridgehead atoms. The fourth-order valence-corrected chi connectivity index (χ4v) is 3.00. The van der Waals surface area contributed by atoms with Gasteiger partial charge in [0.05, 0.1) is 0 Å². The lowest BCUT2D eigenvalue weighted by atomic mass is 9.96. The van der Waals surface area contributed by atoms with Crippen molar-refractivity contribution in [2.24, 2.45) is 16.5 Å². The molecule has 0 aromatic heterocycles. The summed E-state index contributed by atoms with van der Waals surface area (Å²) >= 11 is 0. The molecule has 3 aromatic rings. The number of amides is 1. The standard InChI is InChI=1S/C19H13F2N3O3/c20-19(21)26-15-6-2-5-13(16(15)27-19)12-4-1-3-10-7-8-11(9-14(10)12)17(25)24-18(22)23/h1-9H,(H4,22,23,24,25). The van der Waals surface area contributed by atoms with Gasteiger partial charge in [-0.05, 0) is 34.5 Å². The number of hydrogen-bond donors (Lipinski definition) is 2. The Kier molecular flexibility index (Phi) is 3.69. The molecule has 0 unspecified atom stereocenters. The molecule has 3 aromatic carbocycles. The lowest BCUT2D eigenvalue weighted by Gasteiger charge is -2.11. The maximum absolute atomic E-state index is 13.5. The molecule has 136 valence electrons. The number of nitrogens with two attached hydrogens (primary N) is 2. The van der Waals surface area contributed by atoms with Crippen LogP contribution in [0.1, 0.15) is 10.4 Å². The second-order valence-electron chi connectivity index (χ2n) is 5.88. The van der Waals surface area contributed by atoms with Gasteiger partial charge in [0.2, 0.25) is 0 Å². The first-order chi connectivity index (χ1) is 12.8. The van der Waals surface area contributed by atoms with Crippen molar-refractivity contribution in [3.63, 3.8) is 0 Å². The third-order valence-corrected chi connectivity index (χ3v) is 4.08. The largest absolute Gasteiger partial charge is 0.586 e. The van der Waals surface area contributed by atoms with Crippen LogP contribution in [-0.2, 0) is 0 Å². The number of carbonyl (C=O) groups is 1. The van der Waals surface area contributed by atoms with Crippen LogP contribution in [0.3, 0.4) is 0 Å². The molecule has 0 aliphatic carbocycles. The van der Waals surface area contributed by atoms with Crippen LogP contribution in [0.2, 0.25) is 0 Å². The van der Waals surface area contributed by atoms with Gasteiger partial charge in [-0.1, -0.05) is 36.4 Å². The summed E-state index contributed by atoms with van der Waals surface area (Å²) in [5.74, 6) is -1.06. The van der Waals surface area contributed by atoms with E-state index in [1.807, 2.05) is 6.07 Å².